The van der Waals surface area contributed by atoms with Crippen LogP contribution in [0.5, 0.6) is 5.75 Å². The average Bonchev–Trinajstić information content (AvgIpc) is 3.24. The molecular formula is C21H18ClN3O2S. The standard InChI is InChI=1S/C21H18ClN3O2S/c1-2-3-12-27-17-7-5-4-6-15(17)13-18-20(26)25-21(28-18)23-19(24-25)14-8-10-16(22)11-9-14/h4-11,13H,2-3,12H2,1H3/b18-13+. The van der Waals surface area contributed by atoms with Crippen molar-refractivity contribution in [3.63, 3.8) is 0 Å². The third-order valence-corrected chi connectivity index (χ3v) is 5.46. The molecular weight excluding hydrogens is 394 g/mol. The van der Waals surface area contributed by atoms with Crippen LogP contribution in [0.2, 0.25) is 5.02 Å². The Morgan fingerprint density at radius 1 is 1.18 bits per heavy atom. The number of aromatic nitrogens is 3. The molecule has 2 aromatic carbocycles. The third kappa shape index (κ3) is 3.79. The Hall–Kier alpha value is -2.70. The summed E-state index contributed by atoms with van der Waals surface area (Å²) >= 11 is 7.24. The van der Waals surface area contributed by atoms with Crippen LogP contribution in [0.1, 0.15) is 25.3 Å². The molecule has 4 aromatic rings. The van der Waals surface area contributed by atoms with E-state index in [0.717, 1.165) is 29.7 Å². The van der Waals surface area contributed by atoms with Gasteiger partial charge >= 0.3 is 0 Å². The third-order valence-electron chi connectivity index (χ3n) is 4.25. The van der Waals surface area contributed by atoms with Gasteiger partial charge < -0.3 is 4.74 Å². The van der Waals surface area contributed by atoms with Gasteiger partial charge in [-0.2, -0.15) is 9.50 Å². The van der Waals surface area contributed by atoms with E-state index in [4.69, 9.17) is 16.3 Å². The zero-order valence-corrected chi connectivity index (χ0v) is 16.8. The molecule has 0 aliphatic heterocycles. The second kappa shape index (κ2) is 8.12. The number of thiazole rings is 1. The summed E-state index contributed by atoms with van der Waals surface area (Å²) in [5.41, 5.74) is 1.51. The van der Waals surface area contributed by atoms with Gasteiger partial charge in [-0.15, -0.1) is 5.10 Å². The molecule has 0 aliphatic rings. The minimum atomic E-state index is -0.184. The maximum absolute atomic E-state index is 12.8. The molecule has 0 amide bonds. The van der Waals surface area contributed by atoms with Gasteiger partial charge in [-0.05, 0) is 42.8 Å². The number of hydrogen-bond acceptors (Lipinski definition) is 5. The highest BCUT2D eigenvalue weighted by Crippen LogP contribution is 2.21. The van der Waals surface area contributed by atoms with Crippen molar-refractivity contribution in [3.8, 4) is 17.1 Å². The quantitative estimate of drug-likeness (QED) is 0.446. The van der Waals surface area contributed by atoms with Crippen molar-refractivity contribution in [2.45, 2.75) is 19.8 Å². The fraction of sp³-hybridized carbons (Fsp3) is 0.190. The molecule has 5 nitrogen and oxygen atoms in total. The van der Waals surface area contributed by atoms with E-state index in [9.17, 15) is 4.79 Å². The van der Waals surface area contributed by atoms with Crippen LogP contribution in [-0.2, 0) is 0 Å². The lowest BCUT2D eigenvalue weighted by Gasteiger charge is -2.07. The van der Waals surface area contributed by atoms with Gasteiger partial charge in [0.25, 0.3) is 5.56 Å². The zero-order valence-electron chi connectivity index (χ0n) is 15.3. The van der Waals surface area contributed by atoms with Gasteiger partial charge in [-0.25, -0.2) is 0 Å². The molecule has 0 radical (unpaired) electrons. The second-order valence-electron chi connectivity index (χ2n) is 6.29. The molecule has 142 valence electrons. The lowest BCUT2D eigenvalue weighted by molar-refractivity contribution is 0.309. The first-order chi connectivity index (χ1) is 13.7. The van der Waals surface area contributed by atoms with Crippen LogP contribution >= 0.6 is 22.9 Å². The summed E-state index contributed by atoms with van der Waals surface area (Å²) in [6.45, 7) is 2.78. The molecule has 2 aromatic heterocycles. The van der Waals surface area contributed by atoms with E-state index in [2.05, 4.69) is 17.0 Å². The summed E-state index contributed by atoms with van der Waals surface area (Å²) in [6.07, 6.45) is 3.90. The number of nitrogens with zero attached hydrogens (tertiary/aromatic N) is 3. The fourth-order valence-corrected chi connectivity index (χ4v) is 3.78. The van der Waals surface area contributed by atoms with Gasteiger partial charge in [0, 0.05) is 16.1 Å². The number of unbranched alkanes of at least 4 members (excludes halogenated alkanes) is 1. The molecule has 0 spiro atoms. The summed E-state index contributed by atoms with van der Waals surface area (Å²) < 4.78 is 7.78. The Morgan fingerprint density at radius 3 is 2.71 bits per heavy atom. The van der Waals surface area contributed by atoms with E-state index in [-0.39, 0.29) is 5.56 Å². The van der Waals surface area contributed by atoms with Gasteiger partial charge in [0.05, 0.1) is 11.1 Å². The fourth-order valence-electron chi connectivity index (χ4n) is 2.75. The normalized spacial score (nSPS) is 12.0. The van der Waals surface area contributed by atoms with E-state index in [0.29, 0.717) is 26.9 Å². The maximum atomic E-state index is 12.8. The van der Waals surface area contributed by atoms with Crippen molar-refractivity contribution < 1.29 is 4.74 Å². The molecule has 0 bridgehead atoms. The minimum Gasteiger partial charge on any atom is -0.493 e. The molecule has 7 heteroatoms. The topological polar surface area (TPSA) is 56.5 Å². The molecule has 0 fully saturated rings. The Morgan fingerprint density at radius 2 is 1.96 bits per heavy atom. The van der Waals surface area contributed by atoms with Crippen molar-refractivity contribution >= 4 is 34.0 Å². The van der Waals surface area contributed by atoms with Crippen molar-refractivity contribution in [2.75, 3.05) is 6.61 Å². The van der Waals surface area contributed by atoms with Crippen molar-refractivity contribution in [2.24, 2.45) is 0 Å². The molecule has 0 N–H and O–H groups in total. The number of para-hydroxylation sites is 1. The monoisotopic (exact) mass is 411 g/mol. The first kappa shape index (κ1) is 18.7. The van der Waals surface area contributed by atoms with Crippen LogP contribution in [0.4, 0.5) is 0 Å². The molecule has 0 aliphatic carbocycles. The second-order valence-corrected chi connectivity index (χ2v) is 7.74. The SMILES string of the molecule is CCCCOc1ccccc1/C=c1/sc2nc(-c3ccc(Cl)cc3)nn2c1=O. The molecule has 0 saturated heterocycles. The summed E-state index contributed by atoms with van der Waals surface area (Å²) in [5.74, 6) is 1.28. The number of ether oxygens (including phenoxy) is 1. The predicted octanol–water partition coefficient (Wildman–Crippen LogP) is 4.20. The number of rotatable bonds is 6. The lowest BCUT2D eigenvalue weighted by atomic mass is 10.2. The average molecular weight is 412 g/mol. The first-order valence-corrected chi connectivity index (χ1v) is 10.2. The number of fused-ring (bicyclic) bond motifs is 1. The lowest BCUT2D eigenvalue weighted by Crippen LogP contribution is -2.23. The Balaban J connectivity index is 1.71. The molecule has 0 atom stereocenters. The number of halogens is 1. The van der Waals surface area contributed by atoms with E-state index >= 15 is 0 Å². The highest BCUT2D eigenvalue weighted by atomic mass is 35.5. The first-order valence-electron chi connectivity index (χ1n) is 9.05. The smallest absolute Gasteiger partial charge is 0.291 e. The van der Waals surface area contributed by atoms with Crippen LogP contribution in [0.3, 0.4) is 0 Å². The van der Waals surface area contributed by atoms with E-state index in [1.165, 1.54) is 15.9 Å². The molecule has 0 saturated carbocycles. The van der Waals surface area contributed by atoms with E-state index < -0.39 is 0 Å². The van der Waals surface area contributed by atoms with Crippen molar-refractivity contribution in [3.05, 3.63) is 74.0 Å². The Labute approximate surface area is 170 Å². The van der Waals surface area contributed by atoms with Gasteiger partial charge in [0.1, 0.15) is 5.75 Å². The summed E-state index contributed by atoms with van der Waals surface area (Å²) in [5, 5.41) is 5.01. The van der Waals surface area contributed by atoms with Crippen LogP contribution in [0.25, 0.3) is 22.4 Å². The molecule has 28 heavy (non-hydrogen) atoms. The summed E-state index contributed by atoms with van der Waals surface area (Å²) in [6, 6.07) is 14.9. The summed E-state index contributed by atoms with van der Waals surface area (Å²) in [4.78, 5) is 17.8. The number of hydrogen-bond donors (Lipinski definition) is 0. The van der Waals surface area contributed by atoms with Crippen LogP contribution in [0.15, 0.2) is 53.3 Å². The van der Waals surface area contributed by atoms with Gasteiger partial charge in [0.15, 0.2) is 5.82 Å². The van der Waals surface area contributed by atoms with Crippen molar-refractivity contribution in [1.29, 1.82) is 0 Å². The van der Waals surface area contributed by atoms with Crippen LogP contribution in [0, 0.1) is 0 Å². The van der Waals surface area contributed by atoms with E-state index in [1.807, 2.05) is 42.5 Å². The highest BCUT2D eigenvalue weighted by Gasteiger charge is 2.12. The summed E-state index contributed by atoms with van der Waals surface area (Å²) in [7, 11) is 0. The highest BCUT2D eigenvalue weighted by molar-refractivity contribution is 7.15. The largest absolute Gasteiger partial charge is 0.493 e. The maximum Gasteiger partial charge on any atom is 0.291 e. The van der Waals surface area contributed by atoms with Gasteiger partial charge in [-0.3, -0.25) is 4.79 Å². The van der Waals surface area contributed by atoms with Crippen LogP contribution in [-0.4, -0.2) is 21.2 Å². The number of benzene rings is 2. The molecule has 4 rings (SSSR count). The molecule has 2 heterocycles. The molecule has 0 unspecified atom stereocenters. The Kier molecular flexibility index (Phi) is 5.41. The predicted molar refractivity (Wildman–Crippen MR) is 113 cm³/mol. The van der Waals surface area contributed by atoms with Crippen LogP contribution < -0.4 is 14.8 Å². The van der Waals surface area contributed by atoms with E-state index in [1.54, 1.807) is 12.1 Å². The minimum absolute atomic E-state index is 0.184. The van der Waals surface area contributed by atoms with Gasteiger partial charge in [-0.1, -0.05) is 54.5 Å². The Bertz CT molecular complexity index is 1210. The van der Waals surface area contributed by atoms with Gasteiger partial charge in [0.2, 0.25) is 4.96 Å². The van der Waals surface area contributed by atoms with Crippen molar-refractivity contribution in [1.82, 2.24) is 14.6 Å². The zero-order chi connectivity index (χ0) is 19.5.